The van der Waals surface area contributed by atoms with E-state index in [1.54, 1.807) is 54.7 Å². The number of methoxy groups -OCH3 is 1. The first-order chi connectivity index (χ1) is 18.9. The van der Waals surface area contributed by atoms with E-state index in [0.717, 1.165) is 5.69 Å². The van der Waals surface area contributed by atoms with E-state index in [2.05, 4.69) is 15.6 Å². The number of ether oxygens (including phenoxy) is 1. The Hall–Kier alpha value is -4.32. The van der Waals surface area contributed by atoms with Gasteiger partial charge < -0.3 is 24.7 Å². The van der Waals surface area contributed by atoms with Gasteiger partial charge in [0.1, 0.15) is 24.2 Å². The molecule has 5 rings (SSSR count). The Morgan fingerprint density at radius 1 is 1.21 bits per heavy atom. The van der Waals surface area contributed by atoms with Gasteiger partial charge in [-0.1, -0.05) is 29.8 Å². The lowest BCUT2D eigenvalue weighted by atomic mass is 10.0. The van der Waals surface area contributed by atoms with Gasteiger partial charge >= 0.3 is 0 Å². The van der Waals surface area contributed by atoms with Crippen molar-refractivity contribution >= 4 is 51.9 Å². The normalized spacial score (nSPS) is 16.7. The van der Waals surface area contributed by atoms with Crippen molar-refractivity contribution in [3.8, 4) is 11.3 Å². The molecule has 1 saturated heterocycles. The molecule has 198 valence electrons. The molecule has 1 aliphatic heterocycles. The molecule has 3 heterocycles. The minimum absolute atomic E-state index is 0.0607. The lowest BCUT2D eigenvalue weighted by Gasteiger charge is -2.26. The van der Waals surface area contributed by atoms with Gasteiger partial charge in [-0.15, -0.1) is 0 Å². The Morgan fingerprint density at radius 2 is 2.00 bits per heavy atom. The number of carbonyl (C=O) groups is 1. The van der Waals surface area contributed by atoms with E-state index >= 15 is 0 Å². The maximum Gasteiger partial charge on any atom is 0.280 e. The van der Waals surface area contributed by atoms with Gasteiger partial charge in [-0.2, -0.15) is 0 Å². The van der Waals surface area contributed by atoms with E-state index in [4.69, 9.17) is 33.0 Å². The first-order valence-electron chi connectivity index (χ1n) is 11.8. The molecule has 2 aromatic carbocycles. The summed E-state index contributed by atoms with van der Waals surface area (Å²) in [6, 6.07) is 19.7. The number of para-hydroxylation sites is 1. The topological polar surface area (TPSA) is 123 Å². The van der Waals surface area contributed by atoms with Crippen LogP contribution in [0.5, 0.6) is 0 Å². The van der Waals surface area contributed by atoms with Gasteiger partial charge in [-0.05, 0) is 60.7 Å². The molecule has 0 radical (unpaired) electrons. The molecular formula is C27H22ClN5O5S. The summed E-state index contributed by atoms with van der Waals surface area (Å²) >= 11 is 12.3. The largest absolute Gasteiger partial charge is 0.459 e. The van der Waals surface area contributed by atoms with Crippen LogP contribution in [0.15, 0.2) is 83.4 Å². The number of benzene rings is 2. The van der Waals surface area contributed by atoms with Crippen LogP contribution in [0.3, 0.4) is 0 Å². The Kier molecular flexibility index (Phi) is 7.55. The molecule has 0 aliphatic carbocycles. The fourth-order valence-electron chi connectivity index (χ4n) is 4.49. The number of amides is 1. The zero-order valence-electron chi connectivity index (χ0n) is 20.5. The number of hydrogen-bond donors (Lipinski definition) is 2. The van der Waals surface area contributed by atoms with Crippen molar-refractivity contribution in [1.82, 2.24) is 10.3 Å². The van der Waals surface area contributed by atoms with E-state index in [1.807, 2.05) is 23.1 Å². The zero-order chi connectivity index (χ0) is 27.5. The summed E-state index contributed by atoms with van der Waals surface area (Å²) in [5.74, 6) is 0.528. The number of nitro groups is 1. The lowest BCUT2D eigenvalue weighted by Crippen LogP contribution is -2.29. The molecule has 10 nitrogen and oxygen atoms in total. The third-order valence-corrected chi connectivity index (χ3v) is 6.79. The molecular weight excluding hydrogens is 542 g/mol. The molecule has 1 amide bonds. The average Bonchev–Trinajstić information content (AvgIpc) is 3.55. The second-order valence-electron chi connectivity index (χ2n) is 8.62. The van der Waals surface area contributed by atoms with Crippen molar-refractivity contribution in [2.75, 3.05) is 23.9 Å². The summed E-state index contributed by atoms with van der Waals surface area (Å²) in [5.41, 5.74) is 2.10. The smallest absolute Gasteiger partial charge is 0.280 e. The van der Waals surface area contributed by atoms with E-state index in [0.29, 0.717) is 38.6 Å². The maximum absolute atomic E-state index is 12.0. The molecule has 12 heteroatoms. The number of anilines is 2. The highest BCUT2D eigenvalue weighted by Crippen LogP contribution is 2.44. The van der Waals surface area contributed by atoms with Crippen LogP contribution in [0.4, 0.5) is 17.1 Å². The van der Waals surface area contributed by atoms with Crippen molar-refractivity contribution in [2.24, 2.45) is 0 Å². The molecule has 1 aliphatic rings. The van der Waals surface area contributed by atoms with Gasteiger partial charge in [0.25, 0.3) is 5.69 Å². The van der Waals surface area contributed by atoms with Gasteiger partial charge in [0.15, 0.2) is 5.11 Å². The summed E-state index contributed by atoms with van der Waals surface area (Å²) in [4.78, 5) is 29.5. The summed E-state index contributed by atoms with van der Waals surface area (Å²) in [5, 5.41) is 18.4. The van der Waals surface area contributed by atoms with Crippen molar-refractivity contribution in [2.45, 2.75) is 12.1 Å². The number of furan rings is 1. The average molecular weight is 564 g/mol. The predicted molar refractivity (Wildman–Crippen MR) is 151 cm³/mol. The monoisotopic (exact) mass is 563 g/mol. The summed E-state index contributed by atoms with van der Waals surface area (Å²) in [6.07, 6.45) is 1.69. The molecule has 0 bridgehead atoms. The second-order valence-corrected chi connectivity index (χ2v) is 9.41. The molecule has 2 N–H and O–H groups in total. The summed E-state index contributed by atoms with van der Waals surface area (Å²) in [7, 11) is 1.43. The lowest BCUT2D eigenvalue weighted by molar-refractivity contribution is -0.384. The van der Waals surface area contributed by atoms with Crippen molar-refractivity contribution in [3.05, 3.63) is 106 Å². The van der Waals surface area contributed by atoms with Crippen molar-refractivity contribution < 1.29 is 18.9 Å². The summed E-state index contributed by atoms with van der Waals surface area (Å²) in [6.45, 7) is -0.105. The number of carbonyl (C=O) groups excluding carboxylic acids is 1. The van der Waals surface area contributed by atoms with Crippen LogP contribution in [0.1, 0.15) is 23.5 Å². The van der Waals surface area contributed by atoms with Crippen LogP contribution in [0, 0.1) is 10.1 Å². The fraction of sp³-hybridized carbons (Fsp3) is 0.148. The highest BCUT2D eigenvalue weighted by atomic mass is 35.5. The van der Waals surface area contributed by atoms with Crippen LogP contribution in [-0.2, 0) is 9.53 Å². The first kappa shape index (κ1) is 26.3. The van der Waals surface area contributed by atoms with Crippen LogP contribution >= 0.6 is 23.8 Å². The number of thiocarbonyl (C=S) groups is 1. The number of rotatable bonds is 8. The highest BCUT2D eigenvalue weighted by Gasteiger charge is 2.43. The van der Waals surface area contributed by atoms with Gasteiger partial charge in [0, 0.05) is 25.1 Å². The minimum Gasteiger partial charge on any atom is -0.459 e. The minimum atomic E-state index is -0.506. The number of nitro benzene ring substituents is 1. The molecule has 2 unspecified atom stereocenters. The third kappa shape index (κ3) is 5.32. The molecule has 39 heavy (non-hydrogen) atoms. The van der Waals surface area contributed by atoms with Gasteiger partial charge in [-0.25, -0.2) is 0 Å². The van der Waals surface area contributed by atoms with Gasteiger partial charge in [0.2, 0.25) is 5.91 Å². The van der Waals surface area contributed by atoms with Crippen LogP contribution < -0.4 is 15.5 Å². The molecule has 0 spiro atoms. The van der Waals surface area contributed by atoms with Crippen LogP contribution in [0.25, 0.3) is 11.3 Å². The van der Waals surface area contributed by atoms with Crippen molar-refractivity contribution in [1.29, 1.82) is 0 Å². The SMILES string of the molecule is COCC(=O)Nc1ccc(N2C(=S)NC(c3ccccn3)C2c2ccc(-c3ccccc3[N+](=O)[O-])o2)cc1Cl. The molecule has 0 saturated carbocycles. The predicted octanol–water partition coefficient (Wildman–Crippen LogP) is 5.67. The third-order valence-electron chi connectivity index (χ3n) is 6.16. The van der Waals surface area contributed by atoms with Gasteiger partial charge in [0.05, 0.1) is 32.9 Å². The number of aromatic nitrogens is 1. The second kappa shape index (κ2) is 11.2. The standard InChI is InChI=1S/C27H22ClN5O5S/c1-37-15-24(34)30-19-10-9-16(14-18(19)28)32-26(25(31-27(32)39)20-7-4-5-13-29-20)23-12-11-22(38-23)17-6-2-3-8-21(17)33(35)36/h2-14,25-26H,15H2,1H3,(H,30,34)(H,31,39). The van der Waals surface area contributed by atoms with E-state index in [-0.39, 0.29) is 18.2 Å². The number of hydrogen-bond acceptors (Lipinski definition) is 7. The number of pyridine rings is 1. The Morgan fingerprint density at radius 3 is 2.72 bits per heavy atom. The van der Waals surface area contributed by atoms with Crippen molar-refractivity contribution in [3.63, 3.8) is 0 Å². The number of halogens is 1. The first-order valence-corrected chi connectivity index (χ1v) is 12.6. The Labute approximate surface area is 233 Å². The number of nitrogens with zero attached hydrogens (tertiary/aromatic N) is 3. The quantitative estimate of drug-likeness (QED) is 0.159. The van der Waals surface area contributed by atoms with Crippen LogP contribution in [0.2, 0.25) is 5.02 Å². The molecule has 1 fully saturated rings. The number of nitrogens with one attached hydrogen (secondary N) is 2. The Bertz CT molecular complexity index is 1550. The van der Waals surface area contributed by atoms with E-state index < -0.39 is 17.0 Å². The zero-order valence-corrected chi connectivity index (χ0v) is 22.1. The van der Waals surface area contributed by atoms with Crippen LogP contribution in [-0.4, -0.2) is 34.6 Å². The molecule has 2 aromatic heterocycles. The fourth-order valence-corrected chi connectivity index (χ4v) is 5.06. The summed E-state index contributed by atoms with van der Waals surface area (Å²) < 4.78 is 11.1. The Balaban J connectivity index is 1.56. The molecule has 4 aromatic rings. The van der Waals surface area contributed by atoms with E-state index in [9.17, 15) is 14.9 Å². The highest BCUT2D eigenvalue weighted by molar-refractivity contribution is 7.80. The van der Waals surface area contributed by atoms with E-state index in [1.165, 1.54) is 13.2 Å². The molecule has 2 atom stereocenters. The maximum atomic E-state index is 12.0. The van der Waals surface area contributed by atoms with Gasteiger partial charge in [-0.3, -0.25) is 19.9 Å².